The van der Waals surface area contributed by atoms with E-state index in [1.807, 2.05) is 71.9 Å². The molecule has 0 bridgehead atoms. The summed E-state index contributed by atoms with van der Waals surface area (Å²) in [5.74, 6) is 0. The van der Waals surface area contributed by atoms with Crippen molar-refractivity contribution in [3.8, 4) is 11.1 Å². The third kappa shape index (κ3) is 6.15. The highest BCUT2D eigenvalue weighted by atomic mass is 28.4. The second-order valence-corrected chi connectivity index (χ2v) is 11.9. The van der Waals surface area contributed by atoms with E-state index in [2.05, 4.69) is 18.2 Å². The van der Waals surface area contributed by atoms with Gasteiger partial charge in [0.05, 0.1) is 0 Å². The van der Waals surface area contributed by atoms with E-state index in [0.717, 1.165) is 21.5 Å². The van der Waals surface area contributed by atoms with Crippen molar-refractivity contribution in [3.05, 3.63) is 48.5 Å². The Labute approximate surface area is 195 Å². The number of benzene rings is 2. The Morgan fingerprint density at radius 2 is 0.969 bits per heavy atom. The normalized spacial score (nSPS) is 12.3. The zero-order chi connectivity index (χ0) is 23.5. The van der Waals surface area contributed by atoms with E-state index in [1.54, 1.807) is 0 Å². The van der Waals surface area contributed by atoms with Crippen LogP contribution in [-0.2, 0) is 26.6 Å². The summed E-state index contributed by atoms with van der Waals surface area (Å²) in [6, 6.07) is 16.4. The zero-order valence-electron chi connectivity index (χ0n) is 20.3. The molecule has 8 heteroatoms. The molecule has 6 nitrogen and oxygen atoms in total. The molecule has 0 aliphatic rings. The number of hydrogen-bond acceptors (Lipinski definition) is 6. The van der Waals surface area contributed by atoms with Gasteiger partial charge in [-0.05, 0) is 58.7 Å². The van der Waals surface area contributed by atoms with Gasteiger partial charge in [0.1, 0.15) is 0 Å². The van der Waals surface area contributed by atoms with Crippen molar-refractivity contribution in [2.75, 3.05) is 39.6 Å². The predicted octanol–water partition coefficient (Wildman–Crippen LogP) is 3.86. The van der Waals surface area contributed by atoms with E-state index in [0.29, 0.717) is 39.6 Å². The van der Waals surface area contributed by atoms with E-state index in [9.17, 15) is 0 Å². The molecule has 0 fully saturated rings. The molecule has 0 aromatic heterocycles. The topological polar surface area (TPSA) is 55.4 Å². The fourth-order valence-corrected chi connectivity index (χ4v) is 8.92. The summed E-state index contributed by atoms with van der Waals surface area (Å²) in [6.45, 7) is 14.8. The van der Waals surface area contributed by atoms with Crippen LogP contribution < -0.4 is 10.4 Å². The molecule has 0 aliphatic carbocycles. The van der Waals surface area contributed by atoms with Crippen molar-refractivity contribution in [1.29, 1.82) is 0 Å². The highest BCUT2D eigenvalue weighted by Gasteiger charge is 2.48. The Bertz CT molecular complexity index is 768. The first-order valence-electron chi connectivity index (χ1n) is 11.6. The minimum Gasteiger partial charge on any atom is -0.370 e. The lowest BCUT2D eigenvalue weighted by molar-refractivity contribution is 0.0845. The average Bonchev–Trinajstić information content (AvgIpc) is 2.80. The fourth-order valence-electron chi connectivity index (χ4n) is 3.73. The van der Waals surface area contributed by atoms with E-state index < -0.39 is 17.6 Å². The standard InChI is InChI=1S/C24H38O6Si2/c1-7-25-31(26-8-2,27-9-3)22-18-19-24(23(20-22)21-16-14-13-15-17-21)32(28-10-4,29-11-5)30-12-6/h13-20H,7-12H2,1-6H3. The maximum atomic E-state index is 6.24. The number of hydrogen-bond donors (Lipinski definition) is 0. The first-order chi connectivity index (χ1) is 15.6. The molecule has 32 heavy (non-hydrogen) atoms. The van der Waals surface area contributed by atoms with Gasteiger partial charge in [-0.3, -0.25) is 0 Å². The van der Waals surface area contributed by atoms with Gasteiger partial charge in [0.2, 0.25) is 0 Å². The Kier molecular flexibility index (Phi) is 11.2. The molecule has 0 N–H and O–H groups in total. The lowest BCUT2D eigenvalue weighted by atomic mass is 10.1. The molecule has 2 rings (SSSR count). The van der Waals surface area contributed by atoms with Crippen molar-refractivity contribution >= 4 is 28.0 Å². The Morgan fingerprint density at radius 3 is 1.41 bits per heavy atom. The lowest BCUT2D eigenvalue weighted by Crippen LogP contribution is -2.60. The van der Waals surface area contributed by atoms with E-state index in [4.69, 9.17) is 26.6 Å². The van der Waals surface area contributed by atoms with Gasteiger partial charge in [-0.15, -0.1) is 0 Å². The molecule has 0 radical (unpaired) electrons. The largest absolute Gasteiger partial charge is 0.537 e. The van der Waals surface area contributed by atoms with Crippen LogP contribution in [0.15, 0.2) is 48.5 Å². The average molecular weight is 479 g/mol. The summed E-state index contributed by atoms with van der Waals surface area (Å²) >= 11 is 0. The first-order valence-corrected chi connectivity index (χ1v) is 15.0. The van der Waals surface area contributed by atoms with Crippen LogP contribution in [0.2, 0.25) is 0 Å². The minimum atomic E-state index is -3.14. The maximum absolute atomic E-state index is 6.24. The minimum absolute atomic E-state index is 0.498. The molecular formula is C24H38O6Si2. The third-order valence-electron chi connectivity index (χ3n) is 4.79. The van der Waals surface area contributed by atoms with Gasteiger partial charge in [-0.25, -0.2) is 0 Å². The van der Waals surface area contributed by atoms with Crippen molar-refractivity contribution in [3.63, 3.8) is 0 Å². The van der Waals surface area contributed by atoms with Crippen molar-refractivity contribution in [1.82, 2.24) is 0 Å². The molecule has 2 aromatic carbocycles. The van der Waals surface area contributed by atoms with Crippen LogP contribution >= 0.6 is 0 Å². The lowest BCUT2D eigenvalue weighted by Gasteiger charge is -2.32. The summed E-state index contributed by atoms with van der Waals surface area (Å²) in [5.41, 5.74) is 2.04. The first kappa shape index (κ1) is 26.9. The number of rotatable bonds is 15. The van der Waals surface area contributed by atoms with Crippen LogP contribution in [0.1, 0.15) is 41.5 Å². The quantitative estimate of drug-likeness (QED) is 0.362. The molecule has 0 aliphatic heterocycles. The van der Waals surface area contributed by atoms with Gasteiger partial charge in [0.15, 0.2) is 0 Å². The SMILES string of the molecule is CCO[Si](OCC)(OCC)c1ccc([Si](OCC)(OCC)OCC)c(-c2ccccc2)c1. The van der Waals surface area contributed by atoms with Gasteiger partial charge in [-0.1, -0.05) is 42.5 Å². The molecule has 0 spiro atoms. The molecule has 0 saturated heterocycles. The van der Waals surface area contributed by atoms with Crippen LogP contribution in [-0.4, -0.2) is 57.3 Å². The van der Waals surface area contributed by atoms with Crippen LogP contribution in [0.5, 0.6) is 0 Å². The second-order valence-electron chi connectivity index (χ2n) is 6.84. The highest BCUT2D eigenvalue weighted by molar-refractivity contribution is 6.78. The molecule has 0 amide bonds. The van der Waals surface area contributed by atoms with Crippen molar-refractivity contribution in [2.24, 2.45) is 0 Å². The molecular weight excluding hydrogens is 440 g/mol. The molecule has 0 heterocycles. The molecule has 0 saturated carbocycles. The van der Waals surface area contributed by atoms with Gasteiger partial charge in [-0.2, -0.15) is 0 Å². The summed E-state index contributed by atoms with van der Waals surface area (Å²) in [6.07, 6.45) is 0. The molecule has 0 unspecified atom stereocenters. The smallest absolute Gasteiger partial charge is 0.370 e. The van der Waals surface area contributed by atoms with Gasteiger partial charge in [0, 0.05) is 50.0 Å². The van der Waals surface area contributed by atoms with Crippen LogP contribution in [0.4, 0.5) is 0 Å². The Hall–Kier alpha value is -1.37. The van der Waals surface area contributed by atoms with Crippen LogP contribution in [0.25, 0.3) is 11.1 Å². The predicted molar refractivity (Wildman–Crippen MR) is 132 cm³/mol. The van der Waals surface area contributed by atoms with Gasteiger partial charge in [0.25, 0.3) is 0 Å². The summed E-state index contributed by atoms with van der Waals surface area (Å²) in [5, 5.41) is 1.85. The molecule has 178 valence electrons. The van der Waals surface area contributed by atoms with Gasteiger partial charge < -0.3 is 26.6 Å². The van der Waals surface area contributed by atoms with Crippen molar-refractivity contribution < 1.29 is 26.6 Å². The Balaban J connectivity index is 2.79. The van der Waals surface area contributed by atoms with E-state index in [-0.39, 0.29) is 0 Å². The maximum Gasteiger partial charge on any atom is 0.537 e. The van der Waals surface area contributed by atoms with E-state index in [1.165, 1.54) is 0 Å². The summed E-state index contributed by atoms with van der Waals surface area (Å²) in [4.78, 5) is 0. The zero-order valence-corrected chi connectivity index (χ0v) is 22.3. The summed E-state index contributed by atoms with van der Waals surface area (Å²) in [7, 11) is -6.22. The van der Waals surface area contributed by atoms with E-state index >= 15 is 0 Å². The Morgan fingerprint density at radius 1 is 0.531 bits per heavy atom. The molecule has 0 atom stereocenters. The molecule has 2 aromatic rings. The van der Waals surface area contributed by atoms with Crippen LogP contribution in [0.3, 0.4) is 0 Å². The highest BCUT2D eigenvalue weighted by Crippen LogP contribution is 2.24. The summed E-state index contributed by atoms with van der Waals surface area (Å²) < 4.78 is 37.2. The van der Waals surface area contributed by atoms with Gasteiger partial charge >= 0.3 is 17.6 Å². The van der Waals surface area contributed by atoms with Crippen molar-refractivity contribution in [2.45, 2.75) is 41.5 Å². The van der Waals surface area contributed by atoms with Crippen LogP contribution in [0, 0.1) is 0 Å². The monoisotopic (exact) mass is 478 g/mol. The fraction of sp³-hybridized carbons (Fsp3) is 0.500. The second kappa shape index (κ2) is 13.4. The third-order valence-corrected chi connectivity index (χ3v) is 10.9.